The van der Waals surface area contributed by atoms with Crippen LogP contribution in [0.3, 0.4) is 0 Å². The van der Waals surface area contributed by atoms with Crippen LogP contribution in [-0.4, -0.2) is 25.5 Å². The first-order valence-electron chi connectivity index (χ1n) is 6.09. The second kappa shape index (κ2) is 4.36. The Hall–Kier alpha value is -1.98. The van der Waals surface area contributed by atoms with Gasteiger partial charge in [-0.3, -0.25) is 4.79 Å². The van der Waals surface area contributed by atoms with Gasteiger partial charge in [-0.15, -0.1) is 0 Å². The molecule has 0 aromatic carbocycles. The van der Waals surface area contributed by atoms with Gasteiger partial charge in [-0.1, -0.05) is 11.6 Å². The molecule has 0 saturated heterocycles. The van der Waals surface area contributed by atoms with Gasteiger partial charge in [-0.2, -0.15) is 4.98 Å². The number of imidazole rings is 1. The van der Waals surface area contributed by atoms with E-state index in [1.807, 2.05) is 17.8 Å². The second-order valence-electron chi connectivity index (χ2n) is 4.58. The maximum atomic E-state index is 11.8. The summed E-state index contributed by atoms with van der Waals surface area (Å²) in [5.41, 5.74) is 0. The molecule has 2 aromatic rings. The van der Waals surface area contributed by atoms with E-state index >= 15 is 0 Å². The minimum Gasteiger partial charge on any atom is -0.338 e. The molecule has 1 saturated carbocycles. The molecule has 0 spiro atoms. The number of ketones is 1. The Morgan fingerprint density at radius 2 is 2.33 bits per heavy atom. The Morgan fingerprint density at radius 3 is 3.06 bits per heavy atom. The van der Waals surface area contributed by atoms with Crippen LogP contribution in [0.15, 0.2) is 16.9 Å². The van der Waals surface area contributed by atoms with Crippen LogP contribution in [0.25, 0.3) is 11.6 Å². The zero-order chi connectivity index (χ0) is 12.5. The lowest BCUT2D eigenvalue weighted by Gasteiger charge is -2.16. The van der Waals surface area contributed by atoms with Crippen molar-refractivity contribution in [1.82, 2.24) is 19.7 Å². The van der Waals surface area contributed by atoms with Crippen LogP contribution in [-0.2, 0) is 11.8 Å². The maximum Gasteiger partial charge on any atom is 0.238 e. The molecule has 1 aliphatic carbocycles. The van der Waals surface area contributed by atoms with Gasteiger partial charge in [-0.25, -0.2) is 4.98 Å². The van der Waals surface area contributed by atoms with Crippen LogP contribution in [0.4, 0.5) is 0 Å². The SMILES string of the molecule is Cn1ccnc1-c1noc(C2CCCCC2=O)n1. The van der Waals surface area contributed by atoms with Gasteiger partial charge in [0.25, 0.3) is 0 Å². The summed E-state index contributed by atoms with van der Waals surface area (Å²) in [4.78, 5) is 20.3. The van der Waals surface area contributed by atoms with Gasteiger partial charge in [0.2, 0.25) is 11.7 Å². The molecule has 6 heteroatoms. The fraction of sp³-hybridized carbons (Fsp3) is 0.500. The second-order valence-corrected chi connectivity index (χ2v) is 4.58. The predicted octanol–water partition coefficient (Wildman–Crippen LogP) is 1.70. The van der Waals surface area contributed by atoms with Gasteiger partial charge >= 0.3 is 0 Å². The topological polar surface area (TPSA) is 73.8 Å². The van der Waals surface area contributed by atoms with E-state index < -0.39 is 0 Å². The van der Waals surface area contributed by atoms with E-state index in [9.17, 15) is 4.79 Å². The fourth-order valence-corrected chi connectivity index (χ4v) is 2.29. The molecule has 1 unspecified atom stereocenters. The number of aryl methyl sites for hydroxylation is 1. The molecule has 0 radical (unpaired) electrons. The zero-order valence-corrected chi connectivity index (χ0v) is 10.2. The molecule has 1 atom stereocenters. The Morgan fingerprint density at radius 1 is 1.44 bits per heavy atom. The third-order valence-corrected chi connectivity index (χ3v) is 3.32. The third kappa shape index (κ3) is 1.83. The molecule has 0 amide bonds. The molecule has 94 valence electrons. The number of nitrogens with zero attached hydrogens (tertiary/aromatic N) is 4. The van der Waals surface area contributed by atoms with E-state index in [1.165, 1.54) is 0 Å². The van der Waals surface area contributed by atoms with Crippen LogP contribution in [0, 0.1) is 0 Å². The largest absolute Gasteiger partial charge is 0.338 e. The fourth-order valence-electron chi connectivity index (χ4n) is 2.29. The highest BCUT2D eigenvalue weighted by molar-refractivity contribution is 5.85. The summed E-state index contributed by atoms with van der Waals surface area (Å²) in [6.45, 7) is 0. The average Bonchev–Trinajstić information content (AvgIpc) is 2.98. The third-order valence-electron chi connectivity index (χ3n) is 3.32. The average molecular weight is 246 g/mol. The van der Waals surface area contributed by atoms with Crippen molar-refractivity contribution in [3.8, 4) is 11.6 Å². The van der Waals surface area contributed by atoms with Crippen LogP contribution < -0.4 is 0 Å². The summed E-state index contributed by atoms with van der Waals surface area (Å²) in [5.74, 6) is 1.50. The highest BCUT2D eigenvalue weighted by atomic mass is 16.5. The molecular formula is C12H14N4O2. The molecule has 1 aliphatic rings. The van der Waals surface area contributed by atoms with E-state index in [0.717, 1.165) is 19.3 Å². The van der Waals surface area contributed by atoms with Crippen LogP contribution in [0.1, 0.15) is 37.5 Å². The van der Waals surface area contributed by atoms with Gasteiger partial charge in [-0.05, 0) is 12.8 Å². The summed E-state index contributed by atoms with van der Waals surface area (Å²) in [6, 6.07) is 0. The van der Waals surface area contributed by atoms with E-state index in [2.05, 4.69) is 15.1 Å². The lowest BCUT2D eigenvalue weighted by Crippen LogP contribution is -2.17. The summed E-state index contributed by atoms with van der Waals surface area (Å²) >= 11 is 0. The number of rotatable bonds is 2. The van der Waals surface area contributed by atoms with Crippen LogP contribution in [0.2, 0.25) is 0 Å². The van der Waals surface area contributed by atoms with Crippen LogP contribution >= 0.6 is 0 Å². The minimum atomic E-state index is -0.222. The highest BCUT2D eigenvalue weighted by Crippen LogP contribution is 2.29. The van der Waals surface area contributed by atoms with Crippen molar-refractivity contribution in [2.75, 3.05) is 0 Å². The Labute approximate surface area is 104 Å². The predicted molar refractivity (Wildman–Crippen MR) is 62.7 cm³/mol. The number of aromatic nitrogens is 4. The Balaban J connectivity index is 1.89. The summed E-state index contributed by atoms with van der Waals surface area (Å²) in [7, 11) is 1.87. The Kier molecular flexibility index (Phi) is 2.70. The summed E-state index contributed by atoms with van der Waals surface area (Å²) < 4.78 is 7.03. The van der Waals surface area contributed by atoms with Gasteiger partial charge in [0.15, 0.2) is 5.82 Å². The number of carbonyl (C=O) groups excluding carboxylic acids is 1. The van der Waals surface area contributed by atoms with Gasteiger partial charge < -0.3 is 9.09 Å². The van der Waals surface area contributed by atoms with Crippen molar-refractivity contribution in [1.29, 1.82) is 0 Å². The molecule has 18 heavy (non-hydrogen) atoms. The van der Waals surface area contributed by atoms with Gasteiger partial charge in [0.05, 0.1) is 5.92 Å². The van der Waals surface area contributed by atoms with Crippen molar-refractivity contribution < 1.29 is 9.32 Å². The first-order chi connectivity index (χ1) is 8.75. The number of hydrogen-bond donors (Lipinski definition) is 0. The molecule has 0 aliphatic heterocycles. The number of carbonyl (C=O) groups is 1. The normalized spacial score (nSPS) is 20.3. The smallest absolute Gasteiger partial charge is 0.238 e. The van der Waals surface area contributed by atoms with Crippen molar-refractivity contribution in [2.45, 2.75) is 31.6 Å². The number of hydrogen-bond acceptors (Lipinski definition) is 5. The van der Waals surface area contributed by atoms with Crippen LogP contribution in [0.5, 0.6) is 0 Å². The van der Waals surface area contributed by atoms with Gasteiger partial charge in [0, 0.05) is 25.9 Å². The van der Waals surface area contributed by atoms with Crippen molar-refractivity contribution in [3.63, 3.8) is 0 Å². The molecular weight excluding hydrogens is 232 g/mol. The van der Waals surface area contributed by atoms with Crippen molar-refractivity contribution >= 4 is 5.78 Å². The Bertz CT molecular complexity index is 572. The molecule has 2 heterocycles. The van der Waals surface area contributed by atoms with E-state index in [0.29, 0.717) is 24.0 Å². The zero-order valence-electron chi connectivity index (χ0n) is 10.2. The van der Waals surface area contributed by atoms with Crippen molar-refractivity contribution in [3.05, 3.63) is 18.3 Å². The maximum absolute atomic E-state index is 11.8. The highest BCUT2D eigenvalue weighted by Gasteiger charge is 2.29. The minimum absolute atomic E-state index is 0.205. The van der Waals surface area contributed by atoms with E-state index in [-0.39, 0.29) is 11.7 Å². The van der Waals surface area contributed by atoms with Gasteiger partial charge in [0.1, 0.15) is 5.78 Å². The van der Waals surface area contributed by atoms with Crippen molar-refractivity contribution in [2.24, 2.45) is 7.05 Å². The first kappa shape index (κ1) is 11.1. The molecule has 0 N–H and O–H groups in total. The summed E-state index contributed by atoms with van der Waals surface area (Å²) in [5, 5.41) is 3.91. The van der Waals surface area contributed by atoms with E-state index in [4.69, 9.17) is 4.52 Å². The monoisotopic (exact) mass is 246 g/mol. The first-order valence-corrected chi connectivity index (χ1v) is 6.09. The molecule has 0 bridgehead atoms. The lowest BCUT2D eigenvalue weighted by atomic mass is 9.88. The standard InChI is InChI=1S/C12H14N4O2/c1-16-7-6-13-11(16)10-14-12(18-15-10)8-4-2-3-5-9(8)17/h6-8H,2-5H2,1H3. The van der Waals surface area contributed by atoms with E-state index in [1.54, 1.807) is 6.20 Å². The summed E-state index contributed by atoms with van der Waals surface area (Å²) in [6.07, 6.45) is 6.92. The number of Topliss-reactive ketones (excluding diaryl/α,β-unsaturated/α-hetero) is 1. The lowest BCUT2D eigenvalue weighted by molar-refractivity contribution is -0.122. The molecule has 1 fully saturated rings. The molecule has 6 nitrogen and oxygen atoms in total. The molecule has 2 aromatic heterocycles. The molecule has 3 rings (SSSR count). The quantitative estimate of drug-likeness (QED) is 0.806.